The molecule has 0 amide bonds. The van der Waals surface area contributed by atoms with Crippen LogP contribution in [-0.4, -0.2) is 15.0 Å². The quantitative estimate of drug-likeness (QED) is 0.769. The van der Waals surface area contributed by atoms with Crippen LogP contribution in [0.15, 0.2) is 48.8 Å². The summed E-state index contributed by atoms with van der Waals surface area (Å²) in [7, 11) is 0. The minimum atomic E-state index is 0.295. The topological polar surface area (TPSA) is 90.7 Å². The van der Waals surface area contributed by atoms with E-state index < -0.39 is 0 Å². The lowest BCUT2D eigenvalue weighted by atomic mass is 10.0. The largest absolute Gasteiger partial charge is 0.326 e. The van der Waals surface area contributed by atoms with Crippen LogP contribution in [0.4, 0.5) is 0 Å². The first-order valence-electron chi connectivity index (χ1n) is 7.19. The minimum absolute atomic E-state index is 0.295. The number of aromatic nitrogens is 3. The lowest BCUT2D eigenvalue weighted by molar-refractivity contribution is 0.903. The zero-order valence-corrected chi connectivity index (χ0v) is 13.2. The minimum Gasteiger partial charge on any atom is -0.326 e. The van der Waals surface area contributed by atoms with Crippen molar-refractivity contribution in [2.75, 3.05) is 0 Å². The van der Waals surface area contributed by atoms with E-state index in [1.165, 1.54) is 0 Å². The molecule has 2 aromatic heterocycles. The van der Waals surface area contributed by atoms with Crippen molar-refractivity contribution in [1.29, 1.82) is 0 Å². The van der Waals surface area contributed by atoms with Gasteiger partial charge in [-0.25, -0.2) is 9.97 Å². The Balaban J connectivity index is 2.22. The van der Waals surface area contributed by atoms with E-state index in [9.17, 15) is 0 Å². The molecule has 0 aliphatic heterocycles. The average Bonchev–Trinajstić information content (AvgIpc) is 2.62. The number of hydrogen-bond acceptors (Lipinski definition) is 5. The molecule has 116 valence electrons. The maximum atomic E-state index is 5.97. The second kappa shape index (κ2) is 6.83. The highest BCUT2D eigenvalue weighted by atomic mass is 35.5. The Bertz CT molecular complexity index is 803. The van der Waals surface area contributed by atoms with Crippen molar-refractivity contribution in [3.8, 4) is 22.6 Å². The molecule has 4 N–H and O–H groups in total. The van der Waals surface area contributed by atoms with E-state index in [0.717, 1.165) is 28.1 Å². The number of rotatable bonds is 4. The highest BCUT2D eigenvalue weighted by molar-refractivity contribution is 6.30. The predicted octanol–water partition coefficient (Wildman–Crippen LogP) is 2.78. The second-order valence-electron chi connectivity index (χ2n) is 4.98. The summed E-state index contributed by atoms with van der Waals surface area (Å²) in [4.78, 5) is 13.4. The highest BCUT2D eigenvalue weighted by Crippen LogP contribution is 2.27. The van der Waals surface area contributed by atoms with Gasteiger partial charge in [-0.3, -0.25) is 4.98 Å². The molecule has 1 aromatic carbocycles. The molecule has 0 aliphatic carbocycles. The molecule has 3 rings (SSSR count). The number of nitrogens with zero attached hydrogens (tertiary/aromatic N) is 3. The predicted molar refractivity (Wildman–Crippen MR) is 91.5 cm³/mol. The standard InChI is InChI=1S/C17H16ClN5/c18-13-5-3-11(4-6-13)16-14(8-19)15(9-20)22-17(23-16)12-2-1-7-21-10-12/h1-7,10H,8-9,19-20H2. The van der Waals surface area contributed by atoms with Crippen LogP contribution < -0.4 is 11.5 Å². The van der Waals surface area contributed by atoms with Gasteiger partial charge in [0.1, 0.15) is 0 Å². The lowest BCUT2D eigenvalue weighted by Gasteiger charge is -2.13. The van der Waals surface area contributed by atoms with Gasteiger partial charge in [0.2, 0.25) is 0 Å². The number of pyridine rings is 1. The molecule has 0 spiro atoms. The average molecular weight is 326 g/mol. The Morgan fingerprint density at radius 1 is 0.913 bits per heavy atom. The number of halogens is 1. The van der Waals surface area contributed by atoms with E-state index in [1.54, 1.807) is 12.4 Å². The summed E-state index contributed by atoms with van der Waals surface area (Å²) < 4.78 is 0. The molecule has 0 bridgehead atoms. The molecule has 2 heterocycles. The molecule has 0 radical (unpaired) electrons. The molecule has 0 aliphatic rings. The van der Waals surface area contributed by atoms with Crippen LogP contribution in [0.3, 0.4) is 0 Å². The van der Waals surface area contributed by atoms with E-state index in [-0.39, 0.29) is 0 Å². The highest BCUT2D eigenvalue weighted by Gasteiger charge is 2.15. The van der Waals surface area contributed by atoms with Gasteiger partial charge < -0.3 is 11.5 Å². The summed E-state index contributed by atoms with van der Waals surface area (Å²) in [5, 5.41) is 0.670. The molecule has 0 saturated carbocycles. The third-order valence-electron chi connectivity index (χ3n) is 3.53. The fourth-order valence-electron chi connectivity index (χ4n) is 2.38. The maximum Gasteiger partial charge on any atom is 0.161 e. The van der Waals surface area contributed by atoms with E-state index in [1.807, 2.05) is 36.4 Å². The summed E-state index contributed by atoms with van der Waals surface area (Å²) in [5.74, 6) is 0.584. The summed E-state index contributed by atoms with van der Waals surface area (Å²) in [5.41, 5.74) is 15.9. The first kappa shape index (κ1) is 15.6. The Morgan fingerprint density at radius 2 is 1.70 bits per heavy atom. The van der Waals surface area contributed by atoms with Crippen LogP contribution in [0.1, 0.15) is 11.3 Å². The summed E-state index contributed by atoms with van der Waals surface area (Å²) in [6.45, 7) is 0.612. The van der Waals surface area contributed by atoms with E-state index >= 15 is 0 Å². The molecule has 0 unspecified atom stereocenters. The smallest absolute Gasteiger partial charge is 0.161 e. The van der Waals surface area contributed by atoms with Gasteiger partial charge in [-0.05, 0) is 24.3 Å². The summed E-state index contributed by atoms with van der Waals surface area (Å²) in [6, 6.07) is 11.2. The van der Waals surface area contributed by atoms with Gasteiger partial charge in [-0.15, -0.1) is 0 Å². The van der Waals surface area contributed by atoms with E-state index in [2.05, 4.69) is 9.97 Å². The molecule has 5 nitrogen and oxygen atoms in total. The molecule has 0 fully saturated rings. The van der Waals surface area contributed by atoms with Gasteiger partial charge >= 0.3 is 0 Å². The SMILES string of the molecule is NCc1nc(-c2cccnc2)nc(-c2ccc(Cl)cc2)c1CN. The van der Waals surface area contributed by atoms with Crippen molar-refractivity contribution in [2.45, 2.75) is 13.1 Å². The van der Waals surface area contributed by atoms with E-state index in [4.69, 9.17) is 28.1 Å². The Morgan fingerprint density at radius 3 is 2.30 bits per heavy atom. The Kier molecular flexibility index (Phi) is 4.62. The zero-order chi connectivity index (χ0) is 16.2. The van der Waals surface area contributed by atoms with Crippen LogP contribution >= 0.6 is 11.6 Å². The molecular weight excluding hydrogens is 310 g/mol. The van der Waals surface area contributed by atoms with Crippen molar-refractivity contribution in [3.05, 3.63) is 65.1 Å². The molecule has 23 heavy (non-hydrogen) atoms. The van der Waals surface area contributed by atoms with Crippen molar-refractivity contribution in [2.24, 2.45) is 11.5 Å². The van der Waals surface area contributed by atoms with E-state index in [0.29, 0.717) is 23.9 Å². The Labute approximate surface area is 139 Å². The van der Waals surface area contributed by atoms with Gasteiger partial charge in [-0.1, -0.05) is 23.7 Å². The Hall–Kier alpha value is -2.34. The van der Waals surface area contributed by atoms with Gasteiger partial charge in [0.25, 0.3) is 0 Å². The first-order valence-corrected chi connectivity index (χ1v) is 7.57. The first-order chi connectivity index (χ1) is 11.2. The number of nitrogens with two attached hydrogens (primary N) is 2. The maximum absolute atomic E-state index is 5.97. The van der Waals surface area contributed by atoms with Gasteiger partial charge in [0, 0.05) is 47.2 Å². The van der Waals surface area contributed by atoms with Crippen molar-refractivity contribution >= 4 is 11.6 Å². The molecule has 6 heteroatoms. The fraction of sp³-hybridized carbons (Fsp3) is 0.118. The van der Waals surface area contributed by atoms with Crippen LogP contribution in [0.25, 0.3) is 22.6 Å². The van der Waals surface area contributed by atoms with Crippen LogP contribution in [0, 0.1) is 0 Å². The summed E-state index contributed by atoms with van der Waals surface area (Å²) in [6.07, 6.45) is 3.44. The van der Waals surface area contributed by atoms with Gasteiger partial charge in [0.15, 0.2) is 5.82 Å². The monoisotopic (exact) mass is 325 g/mol. The number of benzene rings is 1. The van der Waals surface area contributed by atoms with Crippen molar-refractivity contribution in [3.63, 3.8) is 0 Å². The lowest BCUT2D eigenvalue weighted by Crippen LogP contribution is -2.13. The molecule has 0 atom stereocenters. The van der Waals surface area contributed by atoms with Gasteiger partial charge in [-0.2, -0.15) is 0 Å². The second-order valence-corrected chi connectivity index (χ2v) is 5.41. The van der Waals surface area contributed by atoms with Crippen molar-refractivity contribution < 1.29 is 0 Å². The third-order valence-corrected chi connectivity index (χ3v) is 3.78. The van der Waals surface area contributed by atoms with Gasteiger partial charge in [0.05, 0.1) is 11.4 Å². The summed E-state index contributed by atoms with van der Waals surface area (Å²) >= 11 is 5.97. The van der Waals surface area contributed by atoms with Crippen LogP contribution in [0.2, 0.25) is 5.02 Å². The zero-order valence-electron chi connectivity index (χ0n) is 12.4. The van der Waals surface area contributed by atoms with Crippen LogP contribution in [0.5, 0.6) is 0 Å². The van der Waals surface area contributed by atoms with Crippen LogP contribution in [-0.2, 0) is 13.1 Å². The molecular formula is C17H16ClN5. The normalized spacial score (nSPS) is 10.7. The fourth-order valence-corrected chi connectivity index (χ4v) is 2.51. The molecule has 0 saturated heterocycles. The molecule has 3 aromatic rings. The number of hydrogen-bond donors (Lipinski definition) is 2. The van der Waals surface area contributed by atoms with Crippen molar-refractivity contribution in [1.82, 2.24) is 15.0 Å². The third kappa shape index (κ3) is 3.22.